The molecule has 19 heavy (non-hydrogen) atoms. The Morgan fingerprint density at radius 2 is 2.05 bits per heavy atom. The molecule has 0 unspecified atom stereocenters. The van der Waals surface area contributed by atoms with Gasteiger partial charge < -0.3 is 11.1 Å². The minimum Gasteiger partial charge on any atom is -0.396 e. The van der Waals surface area contributed by atoms with Crippen LogP contribution in [0.3, 0.4) is 0 Å². The van der Waals surface area contributed by atoms with Gasteiger partial charge in [0.15, 0.2) is 0 Å². The molecule has 0 fully saturated rings. The Morgan fingerprint density at radius 3 is 2.74 bits per heavy atom. The van der Waals surface area contributed by atoms with Crippen LogP contribution in [0.1, 0.15) is 15.9 Å². The Kier molecular flexibility index (Phi) is 3.71. The third-order valence-electron chi connectivity index (χ3n) is 2.78. The van der Waals surface area contributed by atoms with Crippen molar-refractivity contribution >= 4 is 28.9 Å². The molecule has 2 aromatic rings. The average molecular weight is 279 g/mol. The van der Waals surface area contributed by atoms with Gasteiger partial charge in [-0.2, -0.15) is 0 Å². The van der Waals surface area contributed by atoms with Gasteiger partial charge in [-0.25, -0.2) is 4.39 Å². The van der Waals surface area contributed by atoms with Gasteiger partial charge in [-0.3, -0.25) is 4.79 Å². The summed E-state index contributed by atoms with van der Waals surface area (Å²) in [7, 11) is 0. The third kappa shape index (κ3) is 2.85. The number of amides is 1. The summed E-state index contributed by atoms with van der Waals surface area (Å²) in [5.74, 6) is -1.03. The zero-order valence-corrected chi connectivity index (χ0v) is 11.0. The van der Waals surface area contributed by atoms with Crippen LogP contribution in [0.15, 0.2) is 36.4 Å². The number of nitrogens with two attached hydrogens (primary N) is 1. The van der Waals surface area contributed by atoms with Crippen molar-refractivity contribution in [3.05, 3.63) is 58.4 Å². The number of halogens is 2. The van der Waals surface area contributed by atoms with Crippen molar-refractivity contribution in [2.24, 2.45) is 0 Å². The van der Waals surface area contributed by atoms with Gasteiger partial charge in [-0.05, 0) is 42.8 Å². The van der Waals surface area contributed by atoms with Crippen molar-refractivity contribution < 1.29 is 9.18 Å². The van der Waals surface area contributed by atoms with Gasteiger partial charge in [0.2, 0.25) is 0 Å². The molecule has 0 aliphatic rings. The summed E-state index contributed by atoms with van der Waals surface area (Å²) in [6, 6.07) is 9.12. The zero-order chi connectivity index (χ0) is 14.0. The number of nitrogens with one attached hydrogen (secondary N) is 1. The molecule has 0 aliphatic carbocycles. The van der Waals surface area contributed by atoms with E-state index in [1.165, 1.54) is 12.1 Å². The van der Waals surface area contributed by atoms with E-state index in [2.05, 4.69) is 5.32 Å². The van der Waals surface area contributed by atoms with Gasteiger partial charge in [0.05, 0.1) is 5.69 Å². The molecule has 2 aromatic carbocycles. The van der Waals surface area contributed by atoms with Crippen molar-refractivity contribution in [3.8, 4) is 0 Å². The lowest BCUT2D eigenvalue weighted by Gasteiger charge is -2.09. The highest BCUT2D eigenvalue weighted by Gasteiger charge is 2.10. The maximum Gasteiger partial charge on any atom is 0.255 e. The van der Waals surface area contributed by atoms with Crippen molar-refractivity contribution in [1.29, 1.82) is 0 Å². The molecule has 3 nitrogen and oxygen atoms in total. The van der Waals surface area contributed by atoms with E-state index >= 15 is 0 Å². The number of nitrogen functional groups attached to an aromatic ring is 1. The van der Waals surface area contributed by atoms with E-state index in [9.17, 15) is 9.18 Å². The van der Waals surface area contributed by atoms with Gasteiger partial charge in [0.1, 0.15) is 5.82 Å². The fourth-order valence-corrected chi connectivity index (χ4v) is 1.78. The normalized spacial score (nSPS) is 10.3. The number of carbonyl (C=O) groups is 1. The van der Waals surface area contributed by atoms with Crippen molar-refractivity contribution in [2.75, 3.05) is 11.1 Å². The maximum absolute atomic E-state index is 13.3. The van der Waals surface area contributed by atoms with Gasteiger partial charge in [-0.1, -0.05) is 17.7 Å². The lowest BCUT2D eigenvalue weighted by molar-refractivity contribution is 0.102. The summed E-state index contributed by atoms with van der Waals surface area (Å²) in [5.41, 5.74) is 6.92. The molecule has 3 N–H and O–H groups in total. The first-order valence-electron chi connectivity index (χ1n) is 5.60. The van der Waals surface area contributed by atoms with Gasteiger partial charge in [0.25, 0.3) is 5.91 Å². The second-order valence-electron chi connectivity index (χ2n) is 4.10. The highest BCUT2D eigenvalue weighted by atomic mass is 35.5. The summed E-state index contributed by atoms with van der Waals surface area (Å²) >= 11 is 5.96. The van der Waals surface area contributed by atoms with Crippen LogP contribution in [0.25, 0.3) is 0 Å². The van der Waals surface area contributed by atoms with Crippen LogP contribution in [0, 0.1) is 12.7 Å². The van der Waals surface area contributed by atoms with Crippen LogP contribution in [0.4, 0.5) is 15.8 Å². The Labute approximate surface area is 115 Å². The molecule has 0 spiro atoms. The highest BCUT2D eigenvalue weighted by Crippen LogP contribution is 2.23. The summed E-state index contributed by atoms with van der Waals surface area (Å²) in [6.07, 6.45) is 0. The number of carbonyl (C=O) groups excluding carboxylic acids is 1. The van der Waals surface area contributed by atoms with Gasteiger partial charge >= 0.3 is 0 Å². The molecule has 0 aliphatic heterocycles. The minimum atomic E-state index is -0.615. The predicted molar refractivity (Wildman–Crippen MR) is 75.0 cm³/mol. The fraction of sp³-hybridized carbons (Fsp3) is 0.0714. The molecule has 98 valence electrons. The molecule has 1 amide bonds. The average Bonchev–Trinajstić information content (AvgIpc) is 2.38. The van der Waals surface area contributed by atoms with Gasteiger partial charge in [0, 0.05) is 16.3 Å². The molecule has 0 saturated carbocycles. The fourth-order valence-electron chi connectivity index (χ4n) is 1.61. The van der Waals surface area contributed by atoms with E-state index in [4.69, 9.17) is 17.3 Å². The van der Waals surface area contributed by atoms with E-state index in [0.29, 0.717) is 10.7 Å². The molecule has 0 radical (unpaired) electrons. The number of hydrogen-bond donors (Lipinski definition) is 2. The van der Waals surface area contributed by atoms with Crippen LogP contribution in [0.5, 0.6) is 0 Å². The standard InChI is InChI=1S/C14H12ClFN2O/c1-8-10(15)3-2-4-13(8)18-14(19)9-5-6-12(17)11(16)7-9/h2-7H,17H2,1H3,(H,18,19). The topological polar surface area (TPSA) is 55.1 Å². The lowest BCUT2D eigenvalue weighted by atomic mass is 10.1. The van der Waals surface area contributed by atoms with Crippen molar-refractivity contribution in [2.45, 2.75) is 6.92 Å². The maximum atomic E-state index is 13.3. The van der Waals surface area contributed by atoms with Crippen LogP contribution < -0.4 is 11.1 Å². The van der Waals surface area contributed by atoms with Crippen LogP contribution in [-0.2, 0) is 0 Å². The Bertz CT molecular complexity index is 643. The molecule has 0 bridgehead atoms. The second-order valence-corrected chi connectivity index (χ2v) is 4.51. The Morgan fingerprint density at radius 1 is 1.32 bits per heavy atom. The first-order chi connectivity index (χ1) is 8.99. The molecular weight excluding hydrogens is 267 g/mol. The molecule has 0 saturated heterocycles. The van der Waals surface area contributed by atoms with E-state index in [0.717, 1.165) is 11.6 Å². The monoisotopic (exact) mass is 278 g/mol. The van der Waals surface area contributed by atoms with E-state index in [1.54, 1.807) is 25.1 Å². The van der Waals surface area contributed by atoms with Gasteiger partial charge in [-0.15, -0.1) is 0 Å². The number of anilines is 2. The van der Waals surface area contributed by atoms with Crippen LogP contribution in [-0.4, -0.2) is 5.91 Å². The molecular formula is C14H12ClFN2O. The summed E-state index contributed by atoms with van der Waals surface area (Å²) in [5, 5.41) is 3.24. The van der Waals surface area contributed by atoms with Crippen LogP contribution >= 0.6 is 11.6 Å². The predicted octanol–water partition coefficient (Wildman–Crippen LogP) is 3.62. The molecule has 0 heterocycles. The van der Waals surface area contributed by atoms with Crippen molar-refractivity contribution in [1.82, 2.24) is 0 Å². The van der Waals surface area contributed by atoms with Crippen LogP contribution in [0.2, 0.25) is 5.02 Å². The first-order valence-corrected chi connectivity index (χ1v) is 5.98. The summed E-state index contributed by atoms with van der Waals surface area (Å²) in [6.45, 7) is 1.79. The SMILES string of the molecule is Cc1c(Cl)cccc1NC(=O)c1ccc(N)c(F)c1. The Balaban J connectivity index is 2.26. The molecule has 0 atom stereocenters. The molecule has 5 heteroatoms. The van der Waals surface area contributed by atoms with E-state index in [1.807, 2.05) is 0 Å². The van der Waals surface area contributed by atoms with E-state index in [-0.39, 0.29) is 11.3 Å². The van der Waals surface area contributed by atoms with Crippen molar-refractivity contribution in [3.63, 3.8) is 0 Å². The molecule has 0 aromatic heterocycles. The summed E-state index contributed by atoms with van der Waals surface area (Å²) < 4.78 is 13.3. The minimum absolute atomic E-state index is 0.00971. The quantitative estimate of drug-likeness (QED) is 0.824. The number of benzene rings is 2. The Hall–Kier alpha value is -2.07. The largest absolute Gasteiger partial charge is 0.396 e. The highest BCUT2D eigenvalue weighted by molar-refractivity contribution is 6.31. The first kappa shape index (κ1) is 13.4. The lowest BCUT2D eigenvalue weighted by Crippen LogP contribution is -2.13. The second kappa shape index (κ2) is 5.28. The smallest absolute Gasteiger partial charge is 0.255 e. The summed E-state index contributed by atoms with van der Waals surface area (Å²) in [4.78, 5) is 12.0. The third-order valence-corrected chi connectivity index (χ3v) is 3.19. The van der Waals surface area contributed by atoms with E-state index < -0.39 is 11.7 Å². The number of rotatable bonds is 2. The zero-order valence-electron chi connectivity index (χ0n) is 10.2. The number of hydrogen-bond acceptors (Lipinski definition) is 2. The molecule has 2 rings (SSSR count).